The van der Waals surface area contributed by atoms with E-state index in [0.717, 1.165) is 24.7 Å². The van der Waals surface area contributed by atoms with Crippen LogP contribution in [0.15, 0.2) is 0 Å². The molecule has 1 N–H and O–H groups in total. The maximum Gasteiger partial charge on any atom is 0.0976 e. The molecule has 3 atom stereocenters. The molecule has 0 aromatic heterocycles. The van der Waals surface area contributed by atoms with Crippen LogP contribution in [0.1, 0.15) is 52.9 Å². The van der Waals surface area contributed by atoms with E-state index in [0.29, 0.717) is 5.92 Å². The van der Waals surface area contributed by atoms with Crippen LogP contribution >= 0.6 is 0 Å². The second-order valence-corrected chi connectivity index (χ2v) is 6.85. The fourth-order valence-electron chi connectivity index (χ4n) is 4.83. The van der Waals surface area contributed by atoms with Crippen LogP contribution in [0.4, 0.5) is 0 Å². The van der Waals surface area contributed by atoms with Gasteiger partial charge in [0.15, 0.2) is 0 Å². The Bertz CT molecular complexity index is 276. The van der Waals surface area contributed by atoms with E-state index in [9.17, 15) is 5.11 Å². The molecule has 0 radical (unpaired) electrons. The highest BCUT2D eigenvalue weighted by Gasteiger charge is 2.64. The van der Waals surface area contributed by atoms with Crippen molar-refractivity contribution in [2.24, 2.45) is 17.8 Å². The van der Waals surface area contributed by atoms with E-state index >= 15 is 0 Å². The Morgan fingerprint density at radius 1 is 1.12 bits per heavy atom. The largest absolute Gasteiger partial charge is 0.387 e. The van der Waals surface area contributed by atoms with Crippen molar-refractivity contribution in [2.45, 2.75) is 70.2 Å². The van der Waals surface area contributed by atoms with Crippen molar-refractivity contribution in [2.75, 3.05) is 0 Å². The molecule has 4 aliphatic carbocycles. The summed E-state index contributed by atoms with van der Waals surface area (Å²) < 4.78 is 6.22. The van der Waals surface area contributed by atoms with Gasteiger partial charge in [-0.05, 0) is 70.6 Å². The lowest BCUT2D eigenvalue weighted by Gasteiger charge is -2.64. The molecule has 0 aliphatic heterocycles. The van der Waals surface area contributed by atoms with Crippen molar-refractivity contribution < 1.29 is 9.84 Å². The van der Waals surface area contributed by atoms with Crippen LogP contribution in [0.3, 0.4) is 0 Å². The lowest BCUT2D eigenvalue weighted by atomic mass is 9.48. The molecule has 0 amide bonds. The lowest BCUT2D eigenvalue weighted by molar-refractivity contribution is -0.288. The Hall–Kier alpha value is -0.0800. The molecule has 2 heteroatoms. The molecule has 0 aromatic carbocycles. The highest BCUT2D eigenvalue weighted by Crippen LogP contribution is 2.61. The van der Waals surface area contributed by atoms with Crippen molar-refractivity contribution in [3.8, 4) is 0 Å². The normalized spacial score (nSPS) is 54.9. The van der Waals surface area contributed by atoms with Crippen LogP contribution in [0.25, 0.3) is 0 Å². The molecule has 3 unspecified atom stereocenters. The molecule has 4 fully saturated rings. The molecular formula is C14H24O2. The fraction of sp³-hybridized carbons (Fsp3) is 1.00. The van der Waals surface area contributed by atoms with Crippen molar-refractivity contribution in [3.05, 3.63) is 0 Å². The first-order valence-electron chi connectivity index (χ1n) is 6.83. The Kier molecular flexibility index (Phi) is 2.23. The Morgan fingerprint density at radius 2 is 1.69 bits per heavy atom. The van der Waals surface area contributed by atoms with Gasteiger partial charge in [0.05, 0.1) is 17.3 Å². The second-order valence-electron chi connectivity index (χ2n) is 6.85. The summed E-state index contributed by atoms with van der Waals surface area (Å²) >= 11 is 0. The SMILES string of the molecule is CC(C)OC12CC3CC(CC(C3)C1(C)O)C2. The molecule has 4 bridgehead atoms. The number of aliphatic hydroxyl groups is 1. The zero-order valence-corrected chi connectivity index (χ0v) is 10.7. The molecule has 4 rings (SSSR count). The quantitative estimate of drug-likeness (QED) is 0.781. The molecule has 4 aliphatic rings. The summed E-state index contributed by atoms with van der Waals surface area (Å²) in [6.45, 7) is 6.21. The number of hydrogen-bond acceptors (Lipinski definition) is 2. The number of ether oxygens (including phenoxy) is 1. The van der Waals surface area contributed by atoms with Gasteiger partial charge in [-0.2, -0.15) is 0 Å². The Balaban J connectivity index is 1.95. The van der Waals surface area contributed by atoms with E-state index in [2.05, 4.69) is 13.8 Å². The predicted molar refractivity (Wildman–Crippen MR) is 63.1 cm³/mol. The summed E-state index contributed by atoms with van der Waals surface area (Å²) in [5.74, 6) is 2.12. The van der Waals surface area contributed by atoms with Crippen LogP contribution in [-0.4, -0.2) is 22.4 Å². The minimum absolute atomic E-state index is 0.225. The van der Waals surface area contributed by atoms with Crippen LogP contribution < -0.4 is 0 Å². The van der Waals surface area contributed by atoms with E-state index in [1.165, 1.54) is 19.3 Å². The molecule has 0 saturated heterocycles. The van der Waals surface area contributed by atoms with Crippen molar-refractivity contribution in [3.63, 3.8) is 0 Å². The number of hydrogen-bond donors (Lipinski definition) is 1. The second kappa shape index (κ2) is 3.23. The summed E-state index contributed by atoms with van der Waals surface area (Å²) in [5, 5.41) is 10.9. The monoisotopic (exact) mass is 224 g/mol. The molecule has 0 heterocycles. The van der Waals surface area contributed by atoms with E-state index < -0.39 is 5.60 Å². The highest BCUT2D eigenvalue weighted by atomic mass is 16.5. The smallest absolute Gasteiger partial charge is 0.0976 e. The Labute approximate surface area is 98.4 Å². The first-order chi connectivity index (χ1) is 7.43. The summed E-state index contributed by atoms with van der Waals surface area (Å²) in [6.07, 6.45) is 6.24. The van der Waals surface area contributed by atoms with Gasteiger partial charge in [-0.15, -0.1) is 0 Å². The van der Waals surface area contributed by atoms with Crippen molar-refractivity contribution in [1.82, 2.24) is 0 Å². The van der Waals surface area contributed by atoms with Crippen LogP contribution in [0, 0.1) is 17.8 Å². The van der Waals surface area contributed by atoms with Gasteiger partial charge in [-0.25, -0.2) is 0 Å². The number of rotatable bonds is 2. The van der Waals surface area contributed by atoms with E-state index in [-0.39, 0.29) is 11.7 Å². The summed E-state index contributed by atoms with van der Waals surface area (Å²) in [5.41, 5.74) is -0.819. The molecule has 4 saturated carbocycles. The topological polar surface area (TPSA) is 29.5 Å². The Morgan fingerprint density at radius 3 is 2.19 bits per heavy atom. The van der Waals surface area contributed by atoms with Crippen molar-refractivity contribution in [1.29, 1.82) is 0 Å². The third kappa shape index (κ3) is 1.32. The molecular weight excluding hydrogens is 200 g/mol. The zero-order chi connectivity index (χ0) is 11.6. The van der Waals surface area contributed by atoms with E-state index in [1.54, 1.807) is 0 Å². The van der Waals surface area contributed by atoms with Gasteiger partial charge >= 0.3 is 0 Å². The molecule has 92 valence electrons. The maximum absolute atomic E-state index is 10.9. The third-order valence-electron chi connectivity index (χ3n) is 5.32. The maximum atomic E-state index is 10.9. The molecule has 2 nitrogen and oxygen atoms in total. The van der Waals surface area contributed by atoms with Crippen molar-refractivity contribution >= 4 is 0 Å². The van der Waals surface area contributed by atoms with Gasteiger partial charge < -0.3 is 9.84 Å². The summed E-state index contributed by atoms with van der Waals surface area (Å²) in [7, 11) is 0. The van der Waals surface area contributed by atoms with Gasteiger partial charge in [-0.1, -0.05) is 0 Å². The fourth-order valence-corrected chi connectivity index (χ4v) is 4.83. The molecule has 0 spiro atoms. The highest BCUT2D eigenvalue weighted by molar-refractivity contribution is 5.15. The minimum atomic E-state index is -0.593. The summed E-state index contributed by atoms with van der Waals surface area (Å²) in [4.78, 5) is 0. The van der Waals surface area contributed by atoms with E-state index in [4.69, 9.17) is 4.74 Å². The van der Waals surface area contributed by atoms with Gasteiger partial charge in [0, 0.05) is 0 Å². The average Bonchev–Trinajstić information content (AvgIpc) is 2.12. The van der Waals surface area contributed by atoms with Crippen LogP contribution in [0.5, 0.6) is 0 Å². The zero-order valence-electron chi connectivity index (χ0n) is 10.7. The van der Waals surface area contributed by atoms with Crippen LogP contribution in [0.2, 0.25) is 0 Å². The van der Waals surface area contributed by atoms with Gasteiger partial charge in [-0.3, -0.25) is 0 Å². The average molecular weight is 224 g/mol. The minimum Gasteiger partial charge on any atom is -0.387 e. The third-order valence-corrected chi connectivity index (χ3v) is 5.32. The van der Waals surface area contributed by atoms with E-state index in [1.807, 2.05) is 6.92 Å². The summed E-state index contributed by atoms with van der Waals surface area (Å²) in [6, 6.07) is 0. The first-order valence-corrected chi connectivity index (χ1v) is 6.83. The standard InChI is InChI=1S/C14H24O2/c1-9(2)16-14-7-10-4-11(8-14)6-12(5-10)13(14,3)15/h9-12,15H,4-8H2,1-3H3. The van der Waals surface area contributed by atoms with Gasteiger partial charge in [0.25, 0.3) is 0 Å². The first kappa shape index (κ1) is 11.0. The van der Waals surface area contributed by atoms with Gasteiger partial charge in [0.2, 0.25) is 0 Å². The molecule has 0 aromatic rings. The van der Waals surface area contributed by atoms with Crippen LogP contribution in [-0.2, 0) is 4.74 Å². The molecule has 16 heavy (non-hydrogen) atoms. The lowest BCUT2D eigenvalue weighted by Crippen LogP contribution is -2.68. The predicted octanol–water partition coefficient (Wildman–Crippen LogP) is 2.74. The van der Waals surface area contributed by atoms with Gasteiger partial charge in [0.1, 0.15) is 0 Å².